The summed E-state index contributed by atoms with van der Waals surface area (Å²) in [5.74, 6) is 0.886. The molecule has 2 rings (SSSR count). The van der Waals surface area contributed by atoms with Gasteiger partial charge in [-0.3, -0.25) is 4.99 Å². The number of rotatable bonds is 2. The standard InChI is InChI=1S/C16H28N4O2S2.HI/c1-15(2,3)12-10-23-13(19-12)9-18-14(17-6)20-7-8-24(21,22)16(4,5)11-20;/h10H,7-9,11H2,1-6H3,(H,17,18);1H. The van der Waals surface area contributed by atoms with E-state index in [4.69, 9.17) is 0 Å². The summed E-state index contributed by atoms with van der Waals surface area (Å²) in [6.45, 7) is 11.5. The fourth-order valence-corrected chi connectivity index (χ4v) is 4.87. The molecule has 1 aromatic rings. The summed E-state index contributed by atoms with van der Waals surface area (Å²) in [7, 11) is -1.33. The minimum absolute atomic E-state index is 0. The van der Waals surface area contributed by atoms with Gasteiger partial charge in [0.05, 0.1) is 22.7 Å². The van der Waals surface area contributed by atoms with Crippen LogP contribution in [0.4, 0.5) is 0 Å². The van der Waals surface area contributed by atoms with E-state index in [2.05, 4.69) is 41.4 Å². The average molecular weight is 500 g/mol. The largest absolute Gasteiger partial charge is 0.350 e. The Bertz CT molecular complexity index is 721. The number of hydrogen-bond donors (Lipinski definition) is 1. The van der Waals surface area contributed by atoms with Gasteiger partial charge in [0, 0.05) is 30.9 Å². The zero-order chi connectivity index (χ0) is 18.2. The van der Waals surface area contributed by atoms with Crippen molar-refractivity contribution in [1.82, 2.24) is 15.2 Å². The van der Waals surface area contributed by atoms with E-state index in [9.17, 15) is 8.42 Å². The summed E-state index contributed by atoms with van der Waals surface area (Å²) in [6.07, 6.45) is 0. The lowest BCUT2D eigenvalue weighted by molar-refractivity contribution is 0.353. The number of guanidine groups is 1. The van der Waals surface area contributed by atoms with Crippen LogP contribution >= 0.6 is 35.3 Å². The van der Waals surface area contributed by atoms with E-state index < -0.39 is 14.6 Å². The summed E-state index contributed by atoms with van der Waals surface area (Å²) in [6, 6.07) is 0. The van der Waals surface area contributed by atoms with Gasteiger partial charge in [-0.1, -0.05) is 20.8 Å². The normalized spacial score (nSPS) is 20.1. The second kappa shape index (κ2) is 8.08. The van der Waals surface area contributed by atoms with Crippen LogP contribution in [0, 0.1) is 0 Å². The Kier molecular flexibility index (Phi) is 7.31. The fraction of sp³-hybridized carbons (Fsp3) is 0.750. The first-order valence-electron chi connectivity index (χ1n) is 8.09. The van der Waals surface area contributed by atoms with Crippen LogP contribution in [-0.2, 0) is 21.8 Å². The molecule has 0 unspecified atom stereocenters. The first kappa shape index (κ1) is 22.6. The van der Waals surface area contributed by atoms with Crippen molar-refractivity contribution in [1.29, 1.82) is 0 Å². The van der Waals surface area contributed by atoms with E-state index in [-0.39, 0.29) is 35.1 Å². The highest BCUT2D eigenvalue weighted by atomic mass is 127. The molecule has 0 bridgehead atoms. The molecule has 1 N–H and O–H groups in total. The molecule has 1 fully saturated rings. The highest BCUT2D eigenvalue weighted by Crippen LogP contribution is 2.25. The van der Waals surface area contributed by atoms with Crippen LogP contribution in [0.5, 0.6) is 0 Å². The fourth-order valence-electron chi connectivity index (χ4n) is 2.55. The average Bonchev–Trinajstić information content (AvgIpc) is 2.92. The van der Waals surface area contributed by atoms with Gasteiger partial charge in [0.2, 0.25) is 0 Å². The maximum Gasteiger partial charge on any atom is 0.194 e. The second-order valence-electron chi connectivity index (χ2n) is 7.78. The summed E-state index contributed by atoms with van der Waals surface area (Å²) in [5, 5.41) is 6.41. The molecular weight excluding hydrogens is 471 g/mol. The topological polar surface area (TPSA) is 74.7 Å². The van der Waals surface area contributed by atoms with Gasteiger partial charge in [-0.2, -0.15) is 0 Å². The van der Waals surface area contributed by atoms with E-state index in [1.165, 1.54) is 0 Å². The third kappa shape index (κ3) is 5.29. The molecule has 0 radical (unpaired) electrons. The van der Waals surface area contributed by atoms with Gasteiger partial charge in [-0.25, -0.2) is 13.4 Å². The van der Waals surface area contributed by atoms with Crippen LogP contribution in [0.15, 0.2) is 10.4 Å². The zero-order valence-electron chi connectivity index (χ0n) is 15.8. The summed E-state index contributed by atoms with van der Waals surface area (Å²) in [4.78, 5) is 11.0. The molecule has 1 aliphatic rings. The molecule has 1 aliphatic heterocycles. The van der Waals surface area contributed by atoms with Gasteiger partial charge >= 0.3 is 0 Å². The van der Waals surface area contributed by atoms with Crippen molar-refractivity contribution >= 4 is 51.1 Å². The summed E-state index contributed by atoms with van der Waals surface area (Å²) in [5.41, 5.74) is 1.13. The lowest BCUT2D eigenvalue weighted by atomic mass is 9.93. The number of nitrogens with one attached hydrogen (secondary N) is 1. The molecule has 6 nitrogen and oxygen atoms in total. The number of thiazole rings is 1. The molecule has 0 atom stereocenters. The molecule has 0 amide bonds. The second-order valence-corrected chi connectivity index (χ2v) is 11.5. The van der Waals surface area contributed by atoms with Crippen LogP contribution in [-0.4, -0.2) is 54.9 Å². The maximum atomic E-state index is 12.1. The molecule has 25 heavy (non-hydrogen) atoms. The van der Waals surface area contributed by atoms with Crippen molar-refractivity contribution in [2.75, 3.05) is 25.9 Å². The van der Waals surface area contributed by atoms with Gasteiger partial charge in [-0.15, -0.1) is 35.3 Å². The molecule has 2 heterocycles. The molecule has 0 aliphatic carbocycles. The van der Waals surface area contributed by atoms with E-state index in [1.54, 1.807) is 32.2 Å². The van der Waals surface area contributed by atoms with E-state index >= 15 is 0 Å². The number of nitrogens with zero attached hydrogens (tertiary/aromatic N) is 3. The quantitative estimate of drug-likeness (QED) is 0.384. The maximum absolute atomic E-state index is 12.1. The molecule has 1 aromatic heterocycles. The van der Waals surface area contributed by atoms with Gasteiger partial charge in [0.15, 0.2) is 15.8 Å². The number of halogens is 1. The third-order valence-electron chi connectivity index (χ3n) is 4.27. The Morgan fingerprint density at radius 3 is 2.56 bits per heavy atom. The van der Waals surface area contributed by atoms with Crippen LogP contribution in [0.1, 0.15) is 45.3 Å². The minimum atomic E-state index is -3.05. The smallest absolute Gasteiger partial charge is 0.194 e. The van der Waals surface area contributed by atoms with E-state index in [0.717, 1.165) is 16.7 Å². The Labute approximate surface area is 172 Å². The Morgan fingerprint density at radius 2 is 2.08 bits per heavy atom. The first-order chi connectivity index (χ1) is 11.0. The highest BCUT2D eigenvalue weighted by molar-refractivity contribution is 14.0. The number of sulfone groups is 1. The number of aliphatic imine (C=N–C) groups is 1. The number of hydrogen-bond acceptors (Lipinski definition) is 5. The highest BCUT2D eigenvalue weighted by Gasteiger charge is 2.40. The predicted molar refractivity (Wildman–Crippen MR) is 116 cm³/mol. The van der Waals surface area contributed by atoms with Crippen LogP contribution < -0.4 is 5.32 Å². The van der Waals surface area contributed by atoms with Gasteiger partial charge in [0.1, 0.15) is 5.01 Å². The molecule has 9 heteroatoms. The van der Waals surface area contributed by atoms with Gasteiger partial charge in [-0.05, 0) is 13.8 Å². The van der Waals surface area contributed by atoms with Crippen molar-refractivity contribution in [3.05, 3.63) is 16.1 Å². The SMILES string of the molecule is CN=C(NCc1nc(C(C)(C)C)cs1)N1CCS(=O)(=O)C(C)(C)C1.I. The van der Waals surface area contributed by atoms with Gasteiger partial charge < -0.3 is 10.2 Å². The lowest BCUT2D eigenvalue weighted by Gasteiger charge is -2.39. The molecule has 144 valence electrons. The third-order valence-corrected chi connectivity index (χ3v) is 7.65. The van der Waals surface area contributed by atoms with Crippen molar-refractivity contribution in [2.24, 2.45) is 4.99 Å². The Hall–Kier alpha value is -0.420. The summed E-state index contributed by atoms with van der Waals surface area (Å²) < 4.78 is 23.5. The molecular formula is C16H29IN4O2S2. The minimum Gasteiger partial charge on any atom is -0.350 e. The predicted octanol–water partition coefficient (Wildman–Crippen LogP) is 2.64. The van der Waals surface area contributed by atoms with Crippen molar-refractivity contribution in [2.45, 2.75) is 51.3 Å². The van der Waals surface area contributed by atoms with Crippen molar-refractivity contribution < 1.29 is 8.42 Å². The Balaban J connectivity index is 0.00000312. The van der Waals surface area contributed by atoms with E-state index in [1.807, 2.05) is 4.90 Å². The first-order valence-corrected chi connectivity index (χ1v) is 10.6. The lowest BCUT2D eigenvalue weighted by Crippen LogP contribution is -2.57. The number of aromatic nitrogens is 1. The molecule has 0 aromatic carbocycles. The monoisotopic (exact) mass is 500 g/mol. The molecule has 0 saturated carbocycles. The van der Waals surface area contributed by atoms with E-state index in [0.29, 0.717) is 19.6 Å². The van der Waals surface area contributed by atoms with Crippen LogP contribution in [0.25, 0.3) is 0 Å². The van der Waals surface area contributed by atoms with Crippen LogP contribution in [0.2, 0.25) is 0 Å². The summed E-state index contributed by atoms with van der Waals surface area (Å²) >= 11 is 1.63. The zero-order valence-corrected chi connectivity index (χ0v) is 19.8. The van der Waals surface area contributed by atoms with Gasteiger partial charge in [0.25, 0.3) is 0 Å². The Morgan fingerprint density at radius 1 is 1.44 bits per heavy atom. The van der Waals surface area contributed by atoms with Crippen LogP contribution in [0.3, 0.4) is 0 Å². The van der Waals surface area contributed by atoms with Crippen molar-refractivity contribution in [3.63, 3.8) is 0 Å². The molecule has 1 saturated heterocycles. The molecule has 0 spiro atoms. The van der Waals surface area contributed by atoms with Crippen molar-refractivity contribution in [3.8, 4) is 0 Å².